The third-order valence-corrected chi connectivity index (χ3v) is 16.7. The fourth-order valence-corrected chi connectivity index (χ4v) is 11.1. The molecule has 0 saturated heterocycles. The van der Waals surface area contributed by atoms with Crippen LogP contribution in [0, 0.1) is 17.5 Å². The van der Waals surface area contributed by atoms with E-state index in [1.54, 1.807) is 162 Å². The number of H-pyrrole nitrogens is 1. The summed E-state index contributed by atoms with van der Waals surface area (Å²) in [4.78, 5) is 46.6. The topological polar surface area (TPSA) is 292 Å². The molecule has 0 unspecified atom stereocenters. The Bertz CT molecular complexity index is 5660. The van der Waals surface area contributed by atoms with E-state index in [2.05, 4.69) is 76.5 Å². The molecule has 0 aliphatic carbocycles. The smallest absolute Gasteiger partial charge is 0.260 e. The Morgan fingerprint density at radius 2 is 0.830 bits per heavy atom. The molecule has 11 aromatic heterocycles. The predicted molar refractivity (Wildman–Crippen MR) is 384 cm³/mol. The molecule has 16 rings (SSSR count). The highest BCUT2D eigenvalue weighted by molar-refractivity contribution is 9.10. The van der Waals surface area contributed by atoms with Crippen molar-refractivity contribution < 1.29 is 45.7 Å². The fraction of sp³-hybridized carbons (Fsp3) is 0.0909. The summed E-state index contributed by atoms with van der Waals surface area (Å²) in [5.41, 5.74) is 10.1. The minimum atomic E-state index is -0.338. The first-order valence-corrected chi connectivity index (χ1v) is 33.3. The number of benzene rings is 5. The van der Waals surface area contributed by atoms with Crippen LogP contribution < -0.4 is 24.5 Å². The van der Waals surface area contributed by atoms with Crippen LogP contribution in [-0.2, 0) is 32.8 Å². The zero-order chi connectivity index (χ0) is 72.7. The first kappa shape index (κ1) is 69.3. The highest BCUT2D eigenvalue weighted by Crippen LogP contribution is 2.34. The van der Waals surface area contributed by atoms with Crippen molar-refractivity contribution >= 4 is 15.9 Å². The van der Waals surface area contributed by atoms with E-state index in [4.69, 9.17) is 42.6 Å². The minimum Gasteiger partial charge on any atom is -0.497 e. The molecule has 0 atom stereocenters. The third-order valence-electron chi connectivity index (χ3n) is 16.2. The summed E-state index contributed by atoms with van der Waals surface area (Å²) in [5.74, 6) is 2.25. The average Bonchev–Trinajstić information content (AvgIpc) is 1.72. The predicted octanol–water partition coefficient (Wildman–Crippen LogP) is 14.9. The van der Waals surface area contributed by atoms with Gasteiger partial charge in [-0.3, -0.25) is 28.8 Å². The van der Waals surface area contributed by atoms with E-state index in [1.165, 1.54) is 43.2 Å². The lowest BCUT2D eigenvalue weighted by molar-refractivity contribution is 0.291. The van der Waals surface area contributed by atoms with Crippen LogP contribution in [0.3, 0.4) is 0 Å². The van der Waals surface area contributed by atoms with Gasteiger partial charge in [0.15, 0.2) is 17.5 Å². The van der Waals surface area contributed by atoms with Gasteiger partial charge < -0.3 is 37.5 Å². The Morgan fingerprint density at radius 1 is 0.425 bits per heavy atom. The molecule has 526 valence electrons. The van der Waals surface area contributed by atoms with Gasteiger partial charge in [-0.2, -0.15) is 25.3 Å². The molecule has 29 heteroatoms. The molecule has 0 spiro atoms. The lowest BCUT2D eigenvalue weighted by atomic mass is 10.2. The molecule has 25 nitrogen and oxygen atoms in total. The first-order valence-electron chi connectivity index (χ1n) is 32.5. The maximum atomic E-state index is 14.5. The van der Waals surface area contributed by atoms with Crippen molar-refractivity contribution in [3.8, 4) is 114 Å². The number of rotatable bonds is 22. The van der Waals surface area contributed by atoms with Crippen molar-refractivity contribution in [3.63, 3.8) is 0 Å². The maximum Gasteiger partial charge on any atom is 0.260 e. The van der Waals surface area contributed by atoms with Crippen LogP contribution in [0.4, 0.5) is 13.2 Å². The van der Waals surface area contributed by atoms with Gasteiger partial charge >= 0.3 is 0 Å². The van der Waals surface area contributed by atoms with Gasteiger partial charge in [-0.05, 0) is 112 Å². The number of nitrogens with one attached hydrogen (secondary N) is 1. The summed E-state index contributed by atoms with van der Waals surface area (Å²) in [5, 5.41) is 25.9. The molecule has 1 N–H and O–H groups in total. The number of aromatic nitrogens is 17. The average molecular weight is 1490 g/mol. The quantitative estimate of drug-likeness (QED) is 0.0659. The first-order chi connectivity index (χ1) is 52.0. The molecule has 0 amide bonds. The Balaban J connectivity index is 0.000000135. The number of ether oxygens (including phenoxy) is 4. The van der Waals surface area contributed by atoms with E-state index in [1.807, 2.05) is 66.7 Å². The minimum absolute atomic E-state index is 0.172. The SMILES string of the molecule is COc1ccc(COc2nc(-c3cc(-c4ccon4)n(Cc4ccccc4F)n3)ncc2-c2ccccn2)cc1.COc1ccc(COc2nc(-c3cc(-c4ccon4)n(Cc4ccccc4F)n3)ncc2Br)cc1.O=c1[nH]c(-c2cc(-c3ccon3)n(Cc3ccccc3F)n2)ncc1-c1ccccn1. The number of aromatic amines is 1. The summed E-state index contributed by atoms with van der Waals surface area (Å²) in [7, 11) is 3.25. The molecule has 0 saturated carbocycles. The number of nitrogens with zero attached hydrogens (tertiary/aromatic N) is 16. The second kappa shape index (κ2) is 32.4. The summed E-state index contributed by atoms with van der Waals surface area (Å²) < 4.78 is 86.1. The van der Waals surface area contributed by atoms with Crippen molar-refractivity contribution in [3.05, 3.63) is 304 Å². The van der Waals surface area contributed by atoms with Gasteiger partial charge in [0, 0.05) is 65.9 Å². The number of halogens is 4. The lowest BCUT2D eigenvalue weighted by Crippen LogP contribution is -2.12. The van der Waals surface area contributed by atoms with E-state index < -0.39 is 0 Å². The molecule has 0 aliphatic heterocycles. The molecular formula is C77H57BrF3N17O8. The normalized spacial score (nSPS) is 11.0. The van der Waals surface area contributed by atoms with Gasteiger partial charge in [0.2, 0.25) is 11.8 Å². The van der Waals surface area contributed by atoms with E-state index >= 15 is 0 Å². The van der Waals surface area contributed by atoms with Gasteiger partial charge in [-0.25, -0.2) is 28.1 Å². The van der Waals surface area contributed by atoms with Crippen molar-refractivity contribution in [2.24, 2.45) is 0 Å². The number of hydrogen-bond acceptors (Lipinski definition) is 21. The highest BCUT2D eigenvalue weighted by Gasteiger charge is 2.23. The lowest BCUT2D eigenvalue weighted by Gasteiger charge is -2.11. The van der Waals surface area contributed by atoms with Crippen molar-refractivity contribution in [2.45, 2.75) is 32.8 Å². The molecule has 0 aliphatic rings. The highest BCUT2D eigenvalue weighted by atomic mass is 79.9. The van der Waals surface area contributed by atoms with Gasteiger partial charge in [0.05, 0.1) is 77.9 Å². The molecule has 0 radical (unpaired) electrons. The Morgan fingerprint density at radius 3 is 1.25 bits per heavy atom. The molecule has 5 aromatic carbocycles. The van der Waals surface area contributed by atoms with Gasteiger partial charge in [0.25, 0.3) is 5.56 Å². The summed E-state index contributed by atoms with van der Waals surface area (Å²) in [6.45, 7) is 1.14. The van der Waals surface area contributed by atoms with Crippen molar-refractivity contribution in [1.29, 1.82) is 0 Å². The van der Waals surface area contributed by atoms with Crippen molar-refractivity contribution in [1.82, 2.24) is 84.7 Å². The van der Waals surface area contributed by atoms with Gasteiger partial charge in [0.1, 0.15) is 95.1 Å². The van der Waals surface area contributed by atoms with E-state index in [-0.39, 0.29) is 55.1 Å². The zero-order valence-corrected chi connectivity index (χ0v) is 57.6. The largest absolute Gasteiger partial charge is 0.497 e. The van der Waals surface area contributed by atoms with Crippen LogP contribution in [0.2, 0.25) is 0 Å². The monoisotopic (exact) mass is 1480 g/mol. The van der Waals surface area contributed by atoms with Crippen LogP contribution in [-0.4, -0.2) is 98.9 Å². The van der Waals surface area contributed by atoms with Crippen LogP contribution in [0.5, 0.6) is 23.3 Å². The van der Waals surface area contributed by atoms with Crippen LogP contribution in [0.1, 0.15) is 27.8 Å². The van der Waals surface area contributed by atoms with E-state index in [0.717, 1.165) is 22.6 Å². The molecule has 106 heavy (non-hydrogen) atoms. The molecule has 0 bridgehead atoms. The molecular weight excluding hydrogens is 1430 g/mol. The second-order valence-electron chi connectivity index (χ2n) is 23.1. The van der Waals surface area contributed by atoms with E-state index in [9.17, 15) is 18.0 Å². The zero-order valence-electron chi connectivity index (χ0n) is 56.1. The maximum absolute atomic E-state index is 14.5. The van der Waals surface area contributed by atoms with Crippen LogP contribution in [0.25, 0.3) is 91.2 Å². The fourth-order valence-electron chi connectivity index (χ4n) is 10.8. The van der Waals surface area contributed by atoms with Gasteiger partial charge in [-0.1, -0.05) is 106 Å². The molecule has 0 fully saturated rings. The summed E-state index contributed by atoms with van der Waals surface area (Å²) in [6, 6.07) is 56.1. The van der Waals surface area contributed by atoms with E-state index in [0.29, 0.717) is 125 Å². The second-order valence-corrected chi connectivity index (χ2v) is 23.9. The summed E-state index contributed by atoms with van der Waals surface area (Å²) >= 11 is 3.44. The Hall–Kier alpha value is -13.8. The van der Waals surface area contributed by atoms with Crippen LogP contribution in [0.15, 0.2) is 267 Å². The standard InChI is InChI=1S/C30H23FN6O3.C25H19BrFN5O3.C22H15FN6O2/c1-38-22-11-9-20(10-12-22)19-39-30-23(25-8-4-5-14-32-25)17-33-29(34-30)27-16-28(26-13-15-40-36-26)37(35-27)18-21-6-2-3-7-24(21)31;1-33-18-8-6-16(7-9-18)15-34-25-19(26)13-28-24(29-25)22-12-23(21-10-11-35-31-21)32(30-22)14-17-4-2-3-5-20(17)27;23-16-6-2-1-5-14(16)13-29-20(18-8-10-31-28-18)11-19(27-29)21-25-12-15(22(30)26-21)17-7-3-4-9-24-17/h2-17H,18-19H2,1H3;2-13H,14-15H2,1H3;1-12H,13H2,(H,25,26,30). The number of methoxy groups -OCH3 is 2. The Labute approximate surface area is 608 Å². The third kappa shape index (κ3) is 16.4. The number of pyridine rings is 2. The van der Waals surface area contributed by atoms with Crippen LogP contribution >= 0.6 is 15.9 Å². The van der Waals surface area contributed by atoms with Gasteiger partial charge in [-0.15, -0.1) is 0 Å². The molecule has 11 heterocycles. The Kier molecular flexibility index (Phi) is 21.2. The van der Waals surface area contributed by atoms with Crippen molar-refractivity contribution in [2.75, 3.05) is 14.2 Å². The summed E-state index contributed by atoms with van der Waals surface area (Å²) in [6.07, 6.45) is 12.4. The molecule has 16 aromatic rings. The number of hydrogen-bond donors (Lipinski definition) is 1.